The first-order chi connectivity index (χ1) is 24.5. The van der Waals surface area contributed by atoms with Crippen LogP contribution in [0.5, 0.6) is 11.5 Å². The van der Waals surface area contributed by atoms with Gasteiger partial charge in [0.15, 0.2) is 5.60 Å². The summed E-state index contributed by atoms with van der Waals surface area (Å²) in [5, 5.41) is 2.46. The van der Waals surface area contributed by atoms with Gasteiger partial charge in [0.1, 0.15) is 11.5 Å². The first-order valence-corrected chi connectivity index (χ1v) is 19.6. The third-order valence-electron chi connectivity index (χ3n) is 12.5. The van der Waals surface area contributed by atoms with E-state index in [1.54, 1.807) is 12.7 Å². The Bertz CT molecular complexity index is 1890. The van der Waals surface area contributed by atoms with Crippen LogP contribution in [-0.4, -0.2) is 20.2 Å². The zero-order valence-electron chi connectivity index (χ0n) is 30.8. The zero-order valence-corrected chi connectivity index (χ0v) is 30.8. The van der Waals surface area contributed by atoms with Crippen molar-refractivity contribution in [3.8, 4) is 11.5 Å². The second-order valence-corrected chi connectivity index (χ2v) is 15.7. The van der Waals surface area contributed by atoms with E-state index in [2.05, 4.69) is 117 Å². The van der Waals surface area contributed by atoms with E-state index in [-0.39, 0.29) is 11.3 Å². The number of benzene rings is 3. The molecule has 3 aromatic rings. The molecule has 1 saturated heterocycles. The van der Waals surface area contributed by atoms with Crippen LogP contribution in [0.1, 0.15) is 114 Å². The number of hydrogen-bond acceptors (Lipinski definition) is 3. The molecule has 0 amide bonds. The van der Waals surface area contributed by atoms with Gasteiger partial charge in [-0.25, -0.2) is 0 Å². The molecule has 2 heterocycles. The monoisotopic (exact) mass is 665 g/mol. The fourth-order valence-electron chi connectivity index (χ4n) is 10.2. The van der Waals surface area contributed by atoms with Gasteiger partial charge in [0.25, 0.3) is 0 Å². The first-order valence-electron chi connectivity index (χ1n) is 19.6. The van der Waals surface area contributed by atoms with Gasteiger partial charge in [-0.3, -0.25) is 0 Å². The Morgan fingerprint density at radius 3 is 2.30 bits per heavy atom. The molecule has 2 unspecified atom stereocenters. The van der Waals surface area contributed by atoms with Crippen LogP contribution in [0.15, 0.2) is 90.6 Å². The van der Waals surface area contributed by atoms with Gasteiger partial charge in [-0.05, 0) is 115 Å². The van der Waals surface area contributed by atoms with Crippen LogP contribution in [0.2, 0.25) is 0 Å². The van der Waals surface area contributed by atoms with Crippen LogP contribution in [0.4, 0.5) is 5.69 Å². The maximum atomic E-state index is 7.77. The van der Waals surface area contributed by atoms with Crippen molar-refractivity contribution in [1.82, 2.24) is 0 Å². The van der Waals surface area contributed by atoms with Crippen LogP contribution < -0.4 is 14.4 Å². The molecule has 3 aliphatic carbocycles. The number of ether oxygens (including phenoxy) is 2. The van der Waals surface area contributed by atoms with Crippen LogP contribution in [0.3, 0.4) is 0 Å². The molecule has 1 spiro atoms. The van der Waals surface area contributed by atoms with Crippen LogP contribution >= 0.6 is 0 Å². The summed E-state index contributed by atoms with van der Waals surface area (Å²) in [6.45, 7) is 9.28. The number of anilines is 1. The number of fused-ring (bicyclic) bond motifs is 7. The lowest BCUT2D eigenvalue weighted by molar-refractivity contribution is 0.0725. The number of rotatable bonds is 6. The number of methoxy groups -OCH3 is 1. The molecule has 5 aliphatic rings. The first kappa shape index (κ1) is 33.2. The van der Waals surface area contributed by atoms with Gasteiger partial charge in [0, 0.05) is 46.6 Å². The predicted octanol–water partition coefficient (Wildman–Crippen LogP) is 12.3. The van der Waals surface area contributed by atoms with Gasteiger partial charge in [-0.1, -0.05) is 101 Å². The zero-order chi connectivity index (χ0) is 34.3. The minimum Gasteiger partial charge on any atom is -0.497 e. The van der Waals surface area contributed by atoms with E-state index in [1.807, 2.05) is 0 Å². The molecular formula is C47H55NO2. The third kappa shape index (κ3) is 5.38. The number of nitrogens with zero attached hydrogens (tertiary/aromatic N) is 1. The number of allylic oxidation sites excluding steroid dienone is 7. The van der Waals surface area contributed by atoms with Crippen molar-refractivity contribution in [2.45, 2.75) is 102 Å². The van der Waals surface area contributed by atoms with E-state index >= 15 is 0 Å². The highest BCUT2D eigenvalue weighted by Gasteiger charge is 2.49. The van der Waals surface area contributed by atoms with Crippen LogP contribution in [0.25, 0.3) is 22.4 Å². The van der Waals surface area contributed by atoms with E-state index in [9.17, 15) is 0 Å². The summed E-state index contributed by atoms with van der Waals surface area (Å²) in [5.74, 6) is 2.47. The minimum absolute atomic E-state index is 0.0165. The fourth-order valence-corrected chi connectivity index (χ4v) is 10.2. The molecule has 2 atom stereocenters. The third-order valence-corrected chi connectivity index (χ3v) is 12.5. The van der Waals surface area contributed by atoms with Crippen molar-refractivity contribution >= 4 is 28.1 Å². The topological polar surface area (TPSA) is 21.7 Å². The summed E-state index contributed by atoms with van der Waals surface area (Å²) in [5.41, 5.74) is 9.24. The highest BCUT2D eigenvalue weighted by atomic mass is 16.5. The van der Waals surface area contributed by atoms with Crippen molar-refractivity contribution in [1.29, 1.82) is 0 Å². The SMILES string of the molecule is C/C=C\C1=C(C(C)C)c2c(c3c(c4cc(OC)ccc24)OC(c2ccc(N4CCCCC4)cc2)(C2C=CC=CC2)C=C3)C12CCCCCCC2. The summed E-state index contributed by atoms with van der Waals surface area (Å²) in [6.07, 6.45) is 32.4. The van der Waals surface area contributed by atoms with Crippen molar-refractivity contribution in [3.05, 3.63) is 113 Å². The summed E-state index contributed by atoms with van der Waals surface area (Å²) in [7, 11) is 1.78. The normalized spacial score (nSPS) is 24.5. The van der Waals surface area contributed by atoms with Crippen molar-refractivity contribution < 1.29 is 9.47 Å². The largest absolute Gasteiger partial charge is 0.497 e. The second-order valence-electron chi connectivity index (χ2n) is 15.7. The molecule has 3 heteroatoms. The lowest BCUT2D eigenvalue weighted by Gasteiger charge is -2.43. The maximum Gasteiger partial charge on any atom is 0.159 e. The predicted molar refractivity (Wildman–Crippen MR) is 211 cm³/mol. The Labute approximate surface area is 300 Å². The number of hydrogen-bond donors (Lipinski definition) is 0. The molecule has 0 aromatic heterocycles. The average Bonchev–Trinajstić information content (AvgIpc) is 3.44. The average molecular weight is 666 g/mol. The Morgan fingerprint density at radius 1 is 0.880 bits per heavy atom. The summed E-state index contributed by atoms with van der Waals surface area (Å²) >= 11 is 0. The fraction of sp³-hybridized carbons (Fsp3) is 0.447. The van der Waals surface area contributed by atoms with Crippen molar-refractivity contribution in [3.63, 3.8) is 0 Å². The summed E-state index contributed by atoms with van der Waals surface area (Å²) in [4.78, 5) is 2.55. The molecule has 2 aliphatic heterocycles. The Balaban J connectivity index is 1.38. The minimum atomic E-state index is -0.633. The lowest BCUT2D eigenvalue weighted by Crippen LogP contribution is -2.41. The Kier molecular flexibility index (Phi) is 9.04. The molecule has 3 aromatic carbocycles. The summed E-state index contributed by atoms with van der Waals surface area (Å²) < 4.78 is 13.7. The van der Waals surface area contributed by atoms with Crippen molar-refractivity contribution in [2.75, 3.05) is 25.1 Å². The van der Waals surface area contributed by atoms with E-state index < -0.39 is 5.60 Å². The standard InChI is InChI=1S/C47H55NO2/c1-5-17-41-42(33(2)3)43-38-25-24-37(49-4)32-40(38)45-39(44(43)46(41)27-13-7-6-8-14-28-46)26-29-47(50-45,34-18-11-9-12-19-34)35-20-22-36(23-21-35)48-30-15-10-16-31-48/h5,9,11-12,17-18,20-26,29,32-34H,6-8,10,13-16,19,27-28,30-31H2,1-4H3/b17-5-. The molecule has 260 valence electrons. The van der Waals surface area contributed by atoms with Gasteiger partial charge in [-0.15, -0.1) is 0 Å². The van der Waals surface area contributed by atoms with Gasteiger partial charge in [0.2, 0.25) is 0 Å². The molecular weight excluding hydrogens is 611 g/mol. The van der Waals surface area contributed by atoms with E-state index in [1.165, 1.54) is 103 Å². The molecule has 0 radical (unpaired) electrons. The highest BCUT2D eigenvalue weighted by molar-refractivity contribution is 6.07. The van der Waals surface area contributed by atoms with Gasteiger partial charge in [0.05, 0.1) is 7.11 Å². The van der Waals surface area contributed by atoms with Crippen LogP contribution in [-0.2, 0) is 11.0 Å². The molecule has 0 bridgehead atoms. The van der Waals surface area contributed by atoms with Gasteiger partial charge < -0.3 is 14.4 Å². The van der Waals surface area contributed by atoms with E-state index in [0.717, 1.165) is 36.4 Å². The molecule has 2 fully saturated rings. The Hall–Kier alpha value is -3.98. The van der Waals surface area contributed by atoms with Crippen LogP contribution in [0, 0.1) is 11.8 Å². The van der Waals surface area contributed by atoms with Gasteiger partial charge >= 0.3 is 0 Å². The maximum absolute atomic E-state index is 7.77. The van der Waals surface area contributed by atoms with Crippen molar-refractivity contribution in [2.24, 2.45) is 11.8 Å². The van der Waals surface area contributed by atoms with E-state index in [0.29, 0.717) is 5.92 Å². The molecule has 1 saturated carbocycles. The molecule has 8 rings (SSSR count). The quantitative estimate of drug-likeness (QED) is 0.262. The number of piperidine rings is 1. The lowest BCUT2D eigenvalue weighted by atomic mass is 9.66. The second kappa shape index (κ2) is 13.6. The smallest absolute Gasteiger partial charge is 0.159 e. The Morgan fingerprint density at radius 2 is 1.62 bits per heavy atom. The molecule has 3 nitrogen and oxygen atoms in total. The van der Waals surface area contributed by atoms with Gasteiger partial charge in [-0.2, -0.15) is 0 Å². The molecule has 50 heavy (non-hydrogen) atoms. The summed E-state index contributed by atoms with van der Waals surface area (Å²) in [6, 6.07) is 16.1. The van der Waals surface area contributed by atoms with E-state index in [4.69, 9.17) is 9.47 Å². The highest BCUT2D eigenvalue weighted by Crippen LogP contribution is 2.62. The molecule has 0 N–H and O–H groups in total.